The van der Waals surface area contributed by atoms with E-state index in [9.17, 15) is 14.7 Å². The molecule has 0 aromatic rings. The summed E-state index contributed by atoms with van der Waals surface area (Å²) in [6.07, 6.45) is 10.7. The van der Waals surface area contributed by atoms with Crippen molar-refractivity contribution in [3.05, 3.63) is 0 Å². The van der Waals surface area contributed by atoms with Crippen LogP contribution < -0.4 is 10.8 Å². The van der Waals surface area contributed by atoms with Gasteiger partial charge in [-0.05, 0) is 45.1 Å². The lowest BCUT2D eigenvalue weighted by molar-refractivity contribution is -0.870. The number of carbonyl (C=O) groups excluding carboxylic acids is 1. The SMILES string of the molecule is C[N+](C)(C)CCCCCCN.O=C([O-])CCCCCCCCC(=O)O. The van der Waals surface area contributed by atoms with Crippen LogP contribution in [0.5, 0.6) is 0 Å². The van der Waals surface area contributed by atoms with E-state index in [0.29, 0.717) is 6.42 Å². The lowest BCUT2D eigenvalue weighted by Crippen LogP contribution is -2.35. The number of unbranched alkanes of at least 4 members (excludes halogenated alkanes) is 8. The number of hydrogen-bond donors (Lipinski definition) is 2. The Labute approximate surface area is 154 Å². The largest absolute Gasteiger partial charge is 0.550 e. The van der Waals surface area contributed by atoms with Gasteiger partial charge in [0.15, 0.2) is 0 Å². The van der Waals surface area contributed by atoms with Gasteiger partial charge in [0.2, 0.25) is 0 Å². The van der Waals surface area contributed by atoms with Crippen molar-refractivity contribution in [2.45, 2.75) is 77.0 Å². The van der Waals surface area contributed by atoms with Gasteiger partial charge >= 0.3 is 5.97 Å². The van der Waals surface area contributed by atoms with Crippen LogP contribution in [0.3, 0.4) is 0 Å². The summed E-state index contributed by atoms with van der Waals surface area (Å²) < 4.78 is 1.09. The monoisotopic (exact) mass is 360 g/mol. The number of carboxylic acids is 2. The Morgan fingerprint density at radius 2 is 1.24 bits per heavy atom. The molecule has 0 aliphatic heterocycles. The molecule has 0 aromatic carbocycles. The van der Waals surface area contributed by atoms with Crippen molar-refractivity contribution in [1.29, 1.82) is 0 Å². The minimum Gasteiger partial charge on any atom is -0.550 e. The lowest BCUT2D eigenvalue weighted by Gasteiger charge is -2.23. The Balaban J connectivity index is 0. The maximum Gasteiger partial charge on any atom is 0.303 e. The second-order valence-corrected chi connectivity index (χ2v) is 7.60. The predicted octanol–water partition coefficient (Wildman–Crippen LogP) is 2.15. The molecule has 3 N–H and O–H groups in total. The third-order valence-electron chi connectivity index (χ3n) is 3.80. The van der Waals surface area contributed by atoms with Gasteiger partial charge in [-0.15, -0.1) is 0 Å². The number of hydrogen-bond acceptors (Lipinski definition) is 4. The Bertz CT molecular complexity index is 308. The first-order valence-corrected chi connectivity index (χ1v) is 9.61. The van der Waals surface area contributed by atoms with E-state index >= 15 is 0 Å². The molecule has 0 atom stereocenters. The highest BCUT2D eigenvalue weighted by Gasteiger charge is 2.04. The molecule has 6 heteroatoms. The van der Waals surface area contributed by atoms with Crippen LogP contribution in [0.25, 0.3) is 0 Å². The summed E-state index contributed by atoms with van der Waals surface area (Å²) >= 11 is 0. The molecule has 0 spiro atoms. The number of rotatable bonds is 15. The van der Waals surface area contributed by atoms with Crippen molar-refractivity contribution >= 4 is 11.9 Å². The van der Waals surface area contributed by atoms with Crippen LogP contribution in [-0.4, -0.2) is 55.8 Å². The topological polar surface area (TPSA) is 103 Å². The van der Waals surface area contributed by atoms with Crippen molar-refractivity contribution in [2.24, 2.45) is 5.73 Å². The van der Waals surface area contributed by atoms with Crippen molar-refractivity contribution in [2.75, 3.05) is 34.2 Å². The molecule has 0 fully saturated rings. The van der Waals surface area contributed by atoms with Crippen molar-refractivity contribution in [3.63, 3.8) is 0 Å². The zero-order valence-electron chi connectivity index (χ0n) is 16.6. The van der Waals surface area contributed by atoms with Gasteiger partial charge in [0, 0.05) is 12.4 Å². The highest BCUT2D eigenvalue weighted by atomic mass is 16.4. The van der Waals surface area contributed by atoms with E-state index in [-0.39, 0.29) is 12.8 Å². The molecule has 0 aromatic heterocycles. The Kier molecular flexibility index (Phi) is 18.4. The van der Waals surface area contributed by atoms with Gasteiger partial charge in [0.05, 0.1) is 27.7 Å². The number of aliphatic carboxylic acids is 2. The minimum absolute atomic E-state index is 0.134. The van der Waals surface area contributed by atoms with E-state index in [4.69, 9.17) is 10.8 Å². The molecule has 150 valence electrons. The average Bonchev–Trinajstić information content (AvgIpc) is 2.49. The zero-order chi connectivity index (χ0) is 19.6. The second-order valence-electron chi connectivity index (χ2n) is 7.60. The van der Waals surface area contributed by atoms with Crippen LogP contribution in [0.15, 0.2) is 0 Å². The maximum atomic E-state index is 10.1. The number of nitrogens with zero attached hydrogens (tertiary/aromatic N) is 1. The van der Waals surface area contributed by atoms with Gasteiger partial charge in [0.25, 0.3) is 0 Å². The smallest absolute Gasteiger partial charge is 0.303 e. The molecule has 0 aliphatic rings. The second kappa shape index (κ2) is 17.7. The molecule has 25 heavy (non-hydrogen) atoms. The van der Waals surface area contributed by atoms with E-state index in [0.717, 1.165) is 43.1 Å². The number of carboxylic acid groups (broad SMARTS) is 2. The van der Waals surface area contributed by atoms with Gasteiger partial charge in [-0.2, -0.15) is 0 Å². The Morgan fingerprint density at radius 1 is 0.800 bits per heavy atom. The normalized spacial score (nSPS) is 10.9. The summed E-state index contributed by atoms with van der Waals surface area (Å²) in [7, 11) is 6.72. The van der Waals surface area contributed by atoms with E-state index in [1.54, 1.807) is 0 Å². The van der Waals surface area contributed by atoms with E-state index in [1.807, 2.05) is 0 Å². The lowest BCUT2D eigenvalue weighted by atomic mass is 10.1. The molecule has 0 rings (SSSR count). The van der Waals surface area contributed by atoms with Gasteiger partial charge in [0.1, 0.15) is 0 Å². The first-order chi connectivity index (χ1) is 11.7. The molecule has 0 radical (unpaired) electrons. The predicted molar refractivity (Wildman–Crippen MR) is 100 cm³/mol. The quantitative estimate of drug-likeness (QED) is 0.344. The maximum absolute atomic E-state index is 10.1. The van der Waals surface area contributed by atoms with Crippen LogP contribution in [0.4, 0.5) is 0 Å². The summed E-state index contributed by atoms with van der Waals surface area (Å²) in [5.74, 6) is -1.74. The number of quaternary nitrogens is 1. The standard InChI is InChI=1S/C10H18O4.C9H23N2/c11-9(12)7-5-3-1-2-4-6-8-10(13)14;1-11(2,3)9-7-5-4-6-8-10/h1-8H2,(H,11,12)(H,13,14);4-10H2,1-3H3/q;+1/p-1. The number of nitrogens with two attached hydrogens (primary N) is 1. The molecule has 0 aliphatic carbocycles. The van der Waals surface area contributed by atoms with E-state index in [1.165, 1.54) is 32.2 Å². The van der Waals surface area contributed by atoms with Crippen molar-refractivity contribution in [3.8, 4) is 0 Å². The van der Waals surface area contributed by atoms with Crippen molar-refractivity contribution < 1.29 is 24.3 Å². The van der Waals surface area contributed by atoms with Crippen LogP contribution in [0.2, 0.25) is 0 Å². The fraction of sp³-hybridized carbons (Fsp3) is 0.895. The summed E-state index contributed by atoms with van der Waals surface area (Å²) in [5, 5.41) is 18.4. The summed E-state index contributed by atoms with van der Waals surface area (Å²) in [5.41, 5.74) is 5.39. The molecule has 0 unspecified atom stereocenters. The Morgan fingerprint density at radius 3 is 1.68 bits per heavy atom. The minimum atomic E-state index is -0.990. The molecular weight excluding hydrogens is 320 g/mol. The van der Waals surface area contributed by atoms with Crippen LogP contribution in [-0.2, 0) is 9.59 Å². The van der Waals surface area contributed by atoms with Crippen molar-refractivity contribution in [1.82, 2.24) is 0 Å². The van der Waals surface area contributed by atoms with Crippen LogP contribution in [0, 0.1) is 0 Å². The molecule has 0 bridgehead atoms. The fourth-order valence-electron chi connectivity index (χ4n) is 2.34. The zero-order valence-corrected chi connectivity index (χ0v) is 16.6. The molecule has 0 saturated carbocycles. The van der Waals surface area contributed by atoms with E-state index < -0.39 is 11.9 Å². The molecule has 0 heterocycles. The number of carbonyl (C=O) groups is 2. The van der Waals surface area contributed by atoms with Crippen LogP contribution in [0.1, 0.15) is 77.0 Å². The Hall–Kier alpha value is -1.14. The first-order valence-electron chi connectivity index (χ1n) is 9.61. The highest BCUT2D eigenvalue weighted by molar-refractivity contribution is 5.66. The van der Waals surface area contributed by atoms with Gasteiger partial charge in [-0.1, -0.05) is 32.1 Å². The van der Waals surface area contributed by atoms with Gasteiger partial charge in [-0.25, -0.2) is 0 Å². The van der Waals surface area contributed by atoms with E-state index in [2.05, 4.69) is 21.1 Å². The molecular formula is C19H40N2O4. The van der Waals surface area contributed by atoms with Gasteiger partial charge in [-0.3, -0.25) is 4.79 Å². The summed E-state index contributed by atoms with van der Waals surface area (Å²) in [4.78, 5) is 20.2. The average molecular weight is 361 g/mol. The first kappa shape index (κ1) is 26.1. The molecule has 0 amide bonds. The summed E-state index contributed by atoms with van der Waals surface area (Å²) in [6.45, 7) is 2.13. The third kappa shape index (κ3) is 31.2. The van der Waals surface area contributed by atoms with Gasteiger partial charge < -0.3 is 25.2 Å². The third-order valence-corrected chi connectivity index (χ3v) is 3.80. The fourth-order valence-corrected chi connectivity index (χ4v) is 2.34. The van der Waals surface area contributed by atoms with Crippen LogP contribution >= 0.6 is 0 Å². The molecule has 0 saturated heterocycles. The molecule has 6 nitrogen and oxygen atoms in total. The highest BCUT2D eigenvalue weighted by Crippen LogP contribution is 2.08. The summed E-state index contributed by atoms with van der Waals surface area (Å²) in [6, 6.07) is 0.